The van der Waals surface area contributed by atoms with Gasteiger partial charge in [-0.2, -0.15) is 0 Å². The van der Waals surface area contributed by atoms with Gasteiger partial charge < -0.3 is 4.74 Å². The van der Waals surface area contributed by atoms with Gasteiger partial charge in [-0.25, -0.2) is 0 Å². The molecule has 0 aliphatic rings. The van der Waals surface area contributed by atoms with Crippen molar-refractivity contribution in [3.63, 3.8) is 0 Å². The molecule has 0 fully saturated rings. The average molecular weight is 285 g/mol. The van der Waals surface area contributed by atoms with E-state index >= 15 is 0 Å². The molecule has 0 radical (unpaired) electrons. The van der Waals surface area contributed by atoms with E-state index in [0.717, 1.165) is 11.8 Å². The fourth-order valence-corrected chi connectivity index (χ4v) is 2.06. The summed E-state index contributed by atoms with van der Waals surface area (Å²) in [5, 5.41) is 10.9. The van der Waals surface area contributed by atoms with Gasteiger partial charge in [0, 0.05) is 18.1 Å². The highest BCUT2D eigenvalue weighted by Gasteiger charge is 2.12. The topological polar surface area (TPSA) is 69.4 Å². The lowest BCUT2D eigenvalue weighted by molar-refractivity contribution is -0.385. The number of para-hydroxylation sites is 1. The highest BCUT2D eigenvalue weighted by molar-refractivity contribution is 5.79. The van der Waals surface area contributed by atoms with Crippen LogP contribution in [-0.2, 0) is 6.42 Å². The van der Waals surface area contributed by atoms with Gasteiger partial charge in [-0.3, -0.25) is 14.9 Å². The fourth-order valence-electron chi connectivity index (χ4n) is 2.06. The quantitative estimate of drug-likeness (QED) is 0.463. The molecule has 0 atom stereocenters. The molecule has 2 rings (SSSR count). The van der Waals surface area contributed by atoms with Gasteiger partial charge in [0.15, 0.2) is 6.29 Å². The lowest BCUT2D eigenvalue weighted by Crippen LogP contribution is -2.05. The zero-order valence-corrected chi connectivity index (χ0v) is 11.6. The van der Waals surface area contributed by atoms with E-state index in [-0.39, 0.29) is 12.3 Å². The number of hydrogen-bond acceptors (Lipinski definition) is 4. The molecule has 5 heteroatoms. The SMILES string of the molecule is Cc1ccc(OCCc2ccccc2[N+](=O)[O-])c(C=O)c1. The second-order valence-corrected chi connectivity index (χ2v) is 4.64. The molecule has 0 N–H and O–H groups in total. The smallest absolute Gasteiger partial charge is 0.272 e. The summed E-state index contributed by atoms with van der Waals surface area (Å²) >= 11 is 0. The minimum Gasteiger partial charge on any atom is -0.492 e. The molecular weight excluding hydrogens is 270 g/mol. The van der Waals surface area contributed by atoms with E-state index < -0.39 is 4.92 Å². The maximum atomic E-state index is 11.0. The summed E-state index contributed by atoms with van der Waals surface area (Å²) < 4.78 is 5.57. The van der Waals surface area contributed by atoms with Gasteiger partial charge in [0.1, 0.15) is 5.75 Å². The van der Waals surface area contributed by atoms with E-state index in [2.05, 4.69) is 0 Å². The van der Waals surface area contributed by atoms with Crippen LogP contribution in [0.3, 0.4) is 0 Å². The summed E-state index contributed by atoms with van der Waals surface area (Å²) in [5.41, 5.74) is 2.16. The number of carbonyl (C=O) groups is 1. The Kier molecular flexibility index (Phi) is 4.66. The van der Waals surface area contributed by atoms with E-state index in [1.54, 1.807) is 30.3 Å². The maximum Gasteiger partial charge on any atom is 0.272 e. The Morgan fingerprint density at radius 1 is 1.24 bits per heavy atom. The minimum absolute atomic E-state index is 0.0839. The molecule has 2 aromatic carbocycles. The maximum absolute atomic E-state index is 11.0. The van der Waals surface area contributed by atoms with Crippen molar-refractivity contribution < 1.29 is 14.5 Å². The van der Waals surface area contributed by atoms with Crippen LogP contribution < -0.4 is 4.74 Å². The Labute approximate surface area is 122 Å². The molecule has 0 heterocycles. The molecule has 5 nitrogen and oxygen atoms in total. The number of hydrogen-bond donors (Lipinski definition) is 0. The van der Waals surface area contributed by atoms with Crippen LogP contribution in [0.1, 0.15) is 21.5 Å². The standard InChI is InChI=1S/C16H15NO4/c1-12-6-7-16(14(10-12)11-18)21-9-8-13-4-2-3-5-15(13)17(19)20/h2-7,10-11H,8-9H2,1H3. The van der Waals surface area contributed by atoms with Crippen LogP contribution in [0.4, 0.5) is 5.69 Å². The van der Waals surface area contributed by atoms with E-state index in [0.29, 0.717) is 23.3 Å². The number of rotatable bonds is 6. The van der Waals surface area contributed by atoms with Crippen molar-refractivity contribution >= 4 is 12.0 Å². The normalized spacial score (nSPS) is 10.1. The van der Waals surface area contributed by atoms with E-state index in [9.17, 15) is 14.9 Å². The molecule has 0 bridgehead atoms. The van der Waals surface area contributed by atoms with Crippen molar-refractivity contribution in [3.05, 3.63) is 69.3 Å². The van der Waals surface area contributed by atoms with Gasteiger partial charge >= 0.3 is 0 Å². The van der Waals surface area contributed by atoms with Crippen LogP contribution in [0, 0.1) is 17.0 Å². The number of aldehydes is 1. The molecule has 108 valence electrons. The van der Waals surface area contributed by atoms with Gasteiger partial charge in [0.25, 0.3) is 5.69 Å². The number of benzene rings is 2. The number of aryl methyl sites for hydroxylation is 1. The molecule has 0 aliphatic carbocycles. The first-order valence-electron chi connectivity index (χ1n) is 6.52. The van der Waals surface area contributed by atoms with E-state index in [1.807, 2.05) is 13.0 Å². The summed E-state index contributed by atoms with van der Waals surface area (Å²) in [5.74, 6) is 0.495. The van der Waals surface area contributed by atoms with Gasteiger partial charge in [-0.05, 0) is 19.1 Å². The molecule has 0 aliphatic heterocycles. The molecule has 0 amide bonds. The number of nitro groups is 1. The number of ether oxygens (including phenoxy) is 1. The zero-order chi connectivity index (χ0) is 15.2. The van der Waals surface area contributed by atoms with Crippen molar-refractivity contribution in [1.29, 1.82) is 0 Å². The largest absolute Gasteiger partial charge is 0.492 e. The van der Waals surface area contributed by atoms with Crippen molar-refractivity contribution in [2.45, 2.75) is 13.3 Å². The number of nitrogens with zero attached hydrogens (tertiary/aromatic N) is 1. The first-order chi connectivity index (χ1) is 10.1. The van der Waals surface area contributed by atoms with Crippen LogP contribution >= 0.6 is 0 Å². The van der Waals surface area contributed by atoms with E-state index in [4.69, 9.17) is 4.74 Å². The lowest BCUT2D eigenvalue weighted by Gasteiger charge is -2.09. The number of nitro benzene ring substituents is 1. The molecule has 21 heavy (non-hydrogen) atoms. The van der Waals surface area contributed by atoms with Crippen LogP contribution in [-0.4, -0.2) is 17.8 Å². The minimum atomic E-state index is -0.405. The van der Waals surface area contributed by atoms with Gasteiger partial charge in [-0.1, -0.05) is 29.8 Å². The Balaban J connectivity index is 2.05. The molecule has 0 saturated heterocycles. The average Bonchev–Trinajstić information content (AvgIpc) is 2.49. The van der Waals surface area contributed by atoms with Crippen molar-refractivity contribution in [2.24, 2.45) is 0 Å². The predicted molar refractivity (Wildman–Crippen MR) is 78.9 cm³/mol. The fraction of sp³-hybridized carbons (Fsp3) is 0.188. The summed E-state index contributed by atoms with van der Waals surface area (Å²) in [6.45, 7) is 2.17. The van der Waals surface area contributed by atoms with Crippen LogP contribution in [0.15, 0.2) is 42.5 Å². The lowest BCUT2D eigenvalue weighted by atomic mass is 10.1. The Morgan fingerprint density at radius 3 is 2.71 bits per heavy atom. The summed E-state index contributed by atoms with van der Waals surface area (Å²) in [6, 6.07) is 11.9. The highest BCUT2D eigenvalue weighted by Crippen LogP contribution is 2.21. The second-order valence-electron chi connectivity index (χ2n) is 4.64. The molecule has 0 unspecified atom stereocenters. The van der Waals surface area contributed by atoms with Crippen molar-refractivity contribution in [1.82, 2.24) is 0 Å². The molecular formula is C16H15NO4. The van der Waals surface area contributed by atoms with Gasteiger partial charge in [-0.15, -0.1) is 0 Å². The summed E-state index contributed by atoms with van der Waals surface area (Å²) in [6.07, 6.45) is 1.15. The predicted octanol–water partition coefficient (Wildman–Crippen LogP) is 3.34. The summed E-state index contributed by atoms with van der Waals surface area (Å²) in [4.78, 5) is 21.5. The first kappa shape index (κ1) is 14.7. The van der Waals surface area contributed by atoms with Gasteiger partial charge in [0.2, 0.25) is 0 Å². The highest BCUT2D eigenvalue weighted by atomic mass is 16.6. The second kappa shape index (κ2) is 6.65. The number of carbonyl (C=O) groups excluding carboxylic acids is 1. The third kappa shape index (κ3) is 3.66. The van der Waals surface area contributed by atoms with Crippen LogP contribution in [0.2, 0.25) is 0 Å². The first-order valence-corrected chi connectivity index (χ1v) is 6.52. The molecule has 0 spiro atoms. The molecule has 0 saturated carbocycles. The molecule has 0 aromatic heterocycles. The van der Waals surface area contributed by atoms with E-state index in [1.165, 1.54) is 6.07 Å². The van der Waals surface area contributed by atoms with Crippen molar-refractivity contribution in [2.75, 3.05) is 6.61 Å². The Morgan fingerprint density at radius 2 is 2.00 bits per heavy atom. The van der Waals surface area contributed by atoms with Gasteiger partial charge in [0.05, 0.1) is 17.1 Å². The third-order valence-corrected chi connectivity index (χ3v) is 3.11. The van der Waals surface area contributed by atoms with Crippen LogP contribution in [0.5, 0.6) is 5.75 Å². The summed E-state index contributed by atoms with van der Waals surface area (Å²) in [7, 11) is 0. The molecule has 2 aromatic rings. The zero-order valence-electron chi connectivity index (χ0n) is 11.6. The monoisotopic (exact) mass is 285 g/mol. The van der Waals surface area contributed by atoms with Crippen molar-refractivity contribution in [3.8, 4) is 5.75 Å². The third-order valence-electron chi connectivity index (χ3n) is 3.11. The van der Waals surface area contributed by atoms with Crippen LogP contribution in [0.25, 0.3) is 0 Å². The Hall–Kier alpha value is -2.69. The Bertz CT molecular complexity index is 667.